The van der Waals surface area contributed by atoms with E-state index in [9.17, 15) is 18.0 Å². The smallest absolute Gasteiger partial charge is 0.434 e. The Morgan fingerprint density at radius 3 is 2.53 bits per heavy atom. The molecule has 82 valence electrons. The predicted octanol–water partition coefficient (Wildman–Crippen LogP) is 1.81. The van der Waals surface area contributed by atoms with Crippen molar-refractivity contribution in [1.29, 1.82) is 0 Å². The van der Waals surface area contributed by atoms with Crippen LogP contribution in [0.3, 0.4) is 0 Å². The number of hydrogen-bond donors (Lipinski definition) is 1. The van der Waals surface area contributed by atoms with E-state index >= 15 is 0 Å². The lowest BCUT2D eigenvalue weighted by molar-refractivity contribution is -0.141. The first-order chi connectivity index (χ1) is 6.88. The van der Waals surface area contributed by atoms with Gasteiger partial charge in [0.2, 0.25) is 0 Å². The Labute approximate surface area is 82.3 Å². The van der Waals surface area contributed by atoms with Crippen molar-refractivity contribution >= 4 is 5.97 Å². The van der Waals surface area contributed by atoms with Gasteiger partial charge in [0.15, 0.2) is 5.69 Å². The summed E-state index contributed by atoms with van der Waals surface area (Å²) in [5, 5.41) is 8.62. The zero-order valence-electron chi connectivity index (χ0n) is 7.50. The molecule has 0 amide bonds. The molecular weight excluding hydrogens is 215 g/mol. The van der Waals surface area contributed by atoms with E-state index in [0.717, 1.165) is 19.4 Å². The average Bonchev–Trinajstić information content (AvgIpc) is 2.15. The molecule has 0 aliphatic carbocycles. The highest BCUT2D eigenvalue weighted by Gasteiger charge is 2.38. The summed E-state index contributed by atoms with van der Waals surface area (Å²) in [4.78, 5) is 13.6. The Morgan fingerprint density at radius 1 is 1.53 bits per heavy atom. The maximum absolute atomic E-state index is 12.3. The van der Waals surface area contributed by atoms with Gasteiger partial charge in [0, 0.05) is 6.20 Å². The van der Waals surface area contributed by atoms with Crippen molar-refractivity contribution in [2.75, 3.05) is 7.11 Å². The molecule has 1 N–H and O–H groups in total. The Bertz CT molecular complexity index is 389. The lowest BCUT2D eigenvalue weighted by Crippen LogP contribution is -2.16. The van der Waals surface area contributed by atoms with Crippen LogP contribution < -0.4 is 4.74 Å². The van der Waals surface area contributed by atoms with E-state index in [1.165, 1.54) is 0 Å². The fourth-order valence-electron chi connectivity index (χ4n) is 1.04. The molecule has 1 aromatic heterocycles. The van der Waals surface area contributed by atoms with Gasteiger partial charge in [-0.05, 0) is 6.07 Å². The minimum atomic E-state index is -4.82. The lowest BCUT2D eigenvalue weighted by Gasteiger charge is -2.11. The highest BCUT2D eigenvalue weighted by molar-refractivity contribution is 5.92. The summed E-state index contributed by atoms with van der Waals surface area (Å²) >= 11 is 0. The van der Waals surface area contributed by atoms with Crippen molar-refractivity contribution in [1.82, 2.24) is 4.98 Å². The molecule has 0 bridgehead atoms. The normalized spacial score (nSPS) is 11.2. The van der Waals surface area contributed by atoms with E-state index in [4.69, 9.17) is 5.11 Å². The third-order valence-electron chi connectivity index (χ3n) is 1.62. The van der Waals surface area contributed by atoms with Gasteiger partial charge in [-0.3, -0.25) is 4.98 Å². The molecule has 0 fully saturated rings. The molecule has 0 aliphatic heterocycles. The molecule has 0 saturated carbocycles. The number of carbonyl (C=O) groups is 1. The summed E-state index contributed by atoms with van der Waals surface area (Å²) in [6.45, 7) is 0. The number of carboxylic acid groups (broad SMARTS) is 1. The van der Waals surface area contributed by atoms with Crippen LogP contribution in [-0.2, 0) is 6.18 Å². The summed E-state index contributed by atoms with van der Waals surface area (Å²) in [6, 6.07) is 1.05. The molecule has 1 heterocycles. The second-order valence-electron chi connectivity index (χ2n) is 2.54. The summed E-state index contributed by atoms with van der Waals surface area (Å²) in [6.07, 6.45) is -3.98. The number of carboxylic acids is 1. The maximum atomic E-state index is 12.3. The molecule has 0 unspecified atom stereocenters. The molecule has 0 aliphatic rings. The number of hydrogen-bond acceptors (Lipinski definition) is 3. The molecule has 4 nitrogen and oxygen atoms in total. The van der Waals surface area contributed by atoms with Gasteiger partial charge in [-0.2, -0.15) is 13.2 Å². The standard InChI is InChI=1S/C8H6F3NO3/c1-15-4-2-3-12-6(8(9,10)11)5(4)7(13)14/h2-3H,1H3,(H,13,14). The Kier molecular flexibility index (Phi) is 2.83. The van der Waals surface area contributed by atoms with Crippen LogP contribution in [0.2, 0.25) is 0 Å². The highest BCUT2D eigenvalue weighted by atomic mass is 19.4. The third kappa shape index (κ3) is 2.17. The number of pyridine rings is 1. The SMILES string of the molecule is COc1ccnc(C(F)(F)F)c1C(=O)O. The number of alkyl halides is 3. The molecule has 1 rings (SSSR count). The Hall–Kier alpha value is -1.79. The number of ether oxygens (including phenoxy) is 1. The van der Waals surface area contributed by atoms with Gasteiger partial charge >= 0.3 is 12.1 Å². The third-order valence-corrected chi connectivity index (χ3v) is 1.62. The fraction of sp³-hybridized carbons (Fsp3) is 0.250. The maximum Gasteiger partial charge on any atom is 0.434 e. The van der Waals surface area contributed by atoms with Crippen LogP contribution in [0.1, 0.15) is 16.1 Å². The van der Waals surface area contributed by atoms with Gasteiger partial charge in [0.05, 0.1) is 7.11 Å². The van der Waals surface area contributed by atoms with Crippen molar-refractivity contribution in [2.24, 2.45) is 0 Å². The van der Waals surface area contributed by atoms with Crippen LogP contribution in [-0.4, -0.2) is 23.2 Å². The molecule has 1 aromatic rings. The van der Waals surface area contributed by atoms with Crippen LogP contribution in [0, 0.1) is 0 Å². The van der Waals surface area contributed by atoms with Crippen molar-refractivity contribution < 1.29 is 27.8 Å². The molecule has 0 radical (unpaired) electrons. The first-order valence-corrected chi connectivity index (χ1v) is 3.71. The molecule has 7 heteroatoms. The van der Waals surface area contributed by atoms with E-state index in [1.807, 2.05) is 0 Å². The quantitative estimate of drug-likeness (QED) is 0.827. The zero-order valence-corrected chi connectivity index (χ0v) is 7.50. The summed E-state index contributed by atoms with van der Waals surface area (Å²) in [7, 11) is 1.09. The molecule has 0 aromatic carbocycles. The van der Waals surface area contributed by atoms with E-state index < -0.39 is 23.4 Å². The topological polar surface area (TPSA) is 59.4 Å². The van der Waals surface area contributed by atoms with Crippen LogP contribution in [0.25, 0.3) is 0 Å². The second kappa shape index (κ2) is 3.76. The van der Waals surface area contributed by atoms with Gasteiger partial charge in [-0.25, -0.2) is 4.79 Å². The van der Waals surface area contributed by atoms with Crippen molar-refractivity contribution in [3.63, 3.8) is 0 Å². The Balaban J connectivity index is 3.46. The first-order valence-electron chi connectivity index (χ1n) is 3.71. The monoisotopic (exact) mass is 221 g/mol. The van der Waals surface area contributed by atoms with Gasteiger partial charge in [0.1, 0.15) is 11.3 Å². The van der Waals surface area contributed by atoms with Crippen LogP contribution in [0.4, 0.5) is 13.2 Å². The summed E-state index contributed by atoms with van der Waals surface area (Å²) in [5.74, 6) is -2.10. The lowest BCUT2D eigenvalue weighted by atomic mass is 10.1. The number of aromatic carboxylic acids is 1. The van der Waals surface area contributed by atoms with Gasteiger partial charge < -0.3 is 9.84 Å². The number of halogens is 3. The minimum Gasteiger partial charge on any atom is -0.496 e. The van der Waals surface area contributed by atoms with E-state index in [-0.39, 0.29) is 5.75 Å². The van der Waals surface area contributed by atoms with Crippen LogP contribution in [0.5, 0.6) is 5.75 Å². The molecular formula is C8H6F3NO3. The minimum absolute atomic E-state index is 0.371. The highest BCUT2D eigenvalue weighted by Crippen LogP contribution is 2.33. The zero-order chi connectivity index (χ0) is 11.6. The molecule has 0 spiro atoms. The predicted molar refractivity (Wildman–Crippen MR) is 42.8 cm³/mol. The van der Waals surface area contributed by atoms with Crippen molar-refractivity contribution in [3.8, 4) is 5.75 Å². The van der Waals surface area contributed by atoms with E-state index in [2.05, 4.69) is 9.72 Å². The largest absolute Gasteiger partial charge is 0.496 e. The second-order valence-corrected chi connectivity index (χ2v) is 2.54. The summed E-state index contributed by atoms with van der Waals surface area (Å²) < 4.78 is 41.6. The van der Waals surface area contributed by atoms with Gasteiger partial charge in [-0.15, -0.1) is 0 Å². The van der Waals surface area contributed by atoms with E-state index in [0.29, 0.717) is 0 Å². The number of methoxy groups -OCH3 is 1. The first kappa shape index (κ1) is 11.3. The van der Waals surface area contributed by atoms with E-state index in [1.54, 1.807) is 0 Å². The van der Waals surface area contributed by atoms with Gasteiger partial charge in [-0.1, -0.05) is 0 Å². The summed E-state index contributed by atoms with van der Waals surface area (Å²) in [5.41, 5.74) is -2.44. The molecule has 0 saturated heterocycles. The molecule has 15 heavy (non-hydrogen) atoms. The van der Waals surface area contributed by atoms with Crippen LogP contribution in [0.15, 0.2) is 12.3 Å². The fourth-order valence-corrected chi connectivity index (χ4v) is 1.04. The van der Waals surface area contributed by atoms with Crippen molar-refractivity contribution in [3.05, 3.63) is 23.5 Å². The molecule has 0 atom stereocenters. The number of rotatable bonds is 2. The average molecular weight is 221 g/mol. The van der Waals surface area contributed by atoms with Crippen LogP contribution >= 0.6 is 0 Å². The number of aromatic nitrogens is 1. The van der Waals surface area contributed by atoms with Crippen molar-refractivity contribution in [2.45, 2.75) is 6.18 Å². The Morgan fingerprint density at radius 2 is 2.13 bits per heavy atom. The number of nitrogens with zero attached hydrogens (tertiary/aromatic N) is 1. The van der Waals surface area contributed by atoms with Gasteiger partial charge in [0.25, 0.3) is 0 Å².